The molecule has 0 saturated carbocycles. The predicted octanol–water partition coefficient (Wildman–Crippen LogP) is 3.03. The van der Waals surface area contributed by atoms with Crippen molar-refractivity contribution in [3.05, 3.63) is 23.8 Å². The first-order valence-electron chi connectivity index (χ1n) is 6.81. The van der Waals surface area contributed by atoms with Crippen LogP contribution in [0.25, 0.3) is 0 Å². The fourth-order valence-corrected chi connectivity index (χ4v) is 2.53. The molecule has 0 spiro atoms. The predicted molar refractivity (Wildman–Crippen MR) is 81.6 cm³/mol. The molecule has 2 atom stereocenters. The number of rotatable bonds is 6. The van der Waals surface area contributed by atoms with Crippen molar-refractivity contribution in [1.82, 2.24) is 5.32 Å². The van der Waals surface area contributed by atoms with Gasteiger partial charge in [-0.3, -0.25) is 0 Å². The third-order valence-electron chi connectivity index (χ3n) is 3.50. The van der Waals surface area contributed by atoms with Crippen molar-refractivity contribution in [2.75, 3.05) is 28.4 Å². The van der Waals surface area contributed by atoms with Crippen LogP contribution in [0.2, 0.25) is 0 Å². The number of ether oxygens (including phenoxy) is 3. The number of benzene rings is 1. The van der Waals surface area contributed by atoms with Crippen molar-refractivity contribution in [2.24, 2.45) is 5.41 Å². The van der Waals surface area contributed by atoms with Gasteiger partial charge in [-0.1, -0.05) is 20.8 Å². The highest BCUT2D eigenvalue weighted by atomic mass is 16.5. The van der Waals surface area contributed by atoms with Crippen LogP contribution in [0.3, 0.4) is 0 Å². The SMILES string of the molecule is CNC(c1ccc(OC)cc1OC)C(OC)C(C)(C)C. The standard InChI is InChI=1S/C16H27NO3/c1-16(2,3)15(20-7)14(17-4)12-9-8-11(18-5)10-13(12)19-6/h8-10,14-15,17H,1-7H3. The van der Waals surface area contributed by atoms with Crippen LogP contribution in [-0.4, -0.2) is 34.5 Å². The Morgan fingerprint density at radius 2 is 1.70 bits per heavy atom. The molecular formula is C16H27NO3. The third kappa shape index (κ3) is 3.64. The van der Waals surface area contributed by atoms with E-state index in [1.165, 1.54) is 0 Å². The van der Waals surface area contributed by atoms with Crippen molar-refractivity contribution >= 4 is 0 Å². The van der Waals surface area contributed by atoms with Crippen molar-refractivity contribution < 1.29 is 14.2 Å². The maximum atomic E-state index is 5.73. The molecule has 1 rings (SSSR count). The highest BCUT2D eigenvalue weighted by Gasteiger charge is 2.34. The Hall–Kier alpha value is -1.26. The summed E-state index contributed by atoms with van der Waals surface area (Å²) in [6.45, 7) is 6.50. The normalized spacial score (nSPS) is 14.8. The van der Waals surface area contributed by atoms with E-state index in [0.717, 1.165) is 17.1 Å². The molecule has 20 heavy (non-hydrogen) atoms. The summed E-state index contributed by atoms with van der Waals surface area (Å²) in [5.41, 5.74) is 1.07. The molecule has 1 aromatic carbocycles. The van der Waals surface area contributed by atoms with Gasteiger partial charge in [0.1, 0.15) is 11.5 Å². The van der Waals surface area contributed by atoms with Crippen LogP contribution in [0.5, 0.6) is 11.5 Å². The molecule has 0 bridgehead atoms. The van der Waals surface area contributed by atoms with E-state index in [4.69, 9.17) is 14.2 Å². The van der Waals surface area contributed by atoms with Crippen LogP contribution in [0.15, 0.2) is 18.2 Å². The fourth-order valence-electron chi connectivity index (χ4n) is 2.53. The molecule has 1 N–H and O–H groups in total. The molecule has 1 aromatic rings. The summed E-state index contributed by atoms with van der Waals surface area (Å²) in [7, 11) is 7.00. The lowest BCUT2D eigenvalue weighted by Crippen LogP contribution is -2.40. The summed E-state index contributed by atoms with van der Waals surface area (Å²) < 4.78 is 16.5. The van der Waals surface area contributed by atoms with Gasteiger partial charge in [0.25, 0.3) is 0 Å². The van der Waals surface area contributed by atoms with E-state index in [-0.39, 0.29) is 17.6 Å². The van der Waals surface area contributed by atoms with Gasteiger partial charge in [0.15, 0.2) is 0 Å². The number of hydrogen-bond acceptors (Lipinski definition) is 4. The second kappa shape index (κ2) is 6.95. The first-order chi connectivity index (χ1) is 9.38. The topological polar surface area (TPSA) is 39.7 Å². The third-order valence-corrected chi connectivity index (χ3v) is 3.50. The van der Waals surface area contributed by atoms with Gasteiger partial charge in [0, 0.05) is 18.7 Å². The lowest BCUT2D eigenvalue weighted by Gasteiger charge is -2.36. The summed E-state index contributed by atoms with van der Waals surface area (Å²) in [6.07, 6.45) is 0.0230. The molecule has 114 valence electrons. The zero-order valence-electron chi connectivity index (χ0n) is 13.6. The van der Waals surface area contributed by atoms with Crippen LogP contribution < -0.4 is 14.8 Å². The Kier molecular flexibility index (Phi) is 5.84. The average Bonchev–Trinajstić information content (AvgIpc) is 2.42. The number of hydrogen-bond donors (Lipinski definition) is 1. The van der Waals surface area contributed by atoms with Crippen LogP contribution in [0, 0.1) is 5.41 Å². The van der Waals surface area contributed by atoms with Crippen molar-refractivity contribution in [1.29, 1.82) is 0 Å². The van der Waals surface area contributed by atoms with Crippen LogP contribution >= 0.6 is 0 Å². The number of likely N-dealkylation sites (N-methyl/N-ethyl adjacent to an activating group) is 1. The lowest BCUT2D eigenvalue weighted by molar-refractivity contribution is -0.0106. The monoisotopic (exact) mass is 281 g/mol. The Morgan fingerprint density at radius 3 is 2.10 bits per heavy atom. The Bertz CT molecular complexity index is 426. The summed E-state index contributed by atoms with van der Waals surface area (Å²) in [5, 5.41) is 3.34. The van der Waals surface area contributed by atoms with Gasteiger partial charge in [-0.25, -0.2) is 0 Å². The Morgan fingerprint density at radius 1 is 1.05 bits per heavy atom. The van der Waals surface area contributed by atoms with Crippen LogP contribution in [0.4, 0.5) is 0 Å². The number of nitrogens with one attached hydrogen (secondary N) is 1. The molecule has 0 aliphatic heterocycles. The van der Waals surface area contributed by atoms with Gasteiger partial charge in [0.05, 0.1) is 26.4 Å². The van der Waals surface area contributed by atoms with Crippen LogP contribution in [-0.2, 0) is 4.74 Å². The molecular weight excluding hydrogens is 254 g/mol. The van der Waals surface area contributed by atoms with Gasteiger partial charge in [-0.2, -0.15) is 0 Å². The van der Waals surface area contributed by atoms with E-state index in [9.17, 15) is 0 Å². The molecule has 4 heteroatoms. The molecule has 0 radical (unpaired) electrons. The molecule has 0 aromatic heterocycles. The van der Waals surface area contributed by atoms with E-state index in [0.29, 0.717) is 0 Å². The lowest BCUT2D eigenvalue weighted by atomic mass is 9.81. The molecule has 0 amide bonds. The smallest absolute Gasteiger partial charge is 0.127 e. The first-order valence-corrected chi connectivity index (χ1v) is 6.81. The van der Waals surface area contributed by atoms with E-state index in [2.05, 4.69) is 26.1 Å². The second-order valence-corrected chi connectivity index (χ2v) is 5.90. The van der Waals surface area contributed by atoms with Crippen molar-refractivity contribution in [3.8, 4) is 11.5 Å². The fraction of sp³-hybridized carbons (Fsp3) is 0.625. The minimum Gasteiger partial charge on any atom is -0.497 e. The maximum Gasteiger partial charge on any atom is 0.127 e. The Balaban J connectivity index is 3.24. The molecule has 0 aliphatic carbocycles. The molecule has 4 nitrogen and oxygen atoms in total. The van der Waals surface area contributed by atoms with Crippen molar-refractivity contribution in [2.45, 2.75) is 32.9 Å². The summed E-state index contributed by atoms with van der Waals surface area (Å²) in [4.78, 5) is 0. The van der Waals surface area contributed by atoms with Crippen LogP contribution in [0.1, 0.15) is 32.4 Å². The van der Waals surface area contributed by atoms with Gasteiger partial charge < -0.3 is 19.5 Å². The summed E-state index contributed by atoms with van der Waals surface area (Å²) in [6, 6.07) is 5.91. The van der Waals surface area contributed by atoms with Gasteiger partial charge in [-0.15, -0.1) is 0 Å². The molecule has 0 fully saturated rings. The van der Waals surface area contributed by atoms with Crippen molar-refractivity contribution in [3.63, 3.8) is 0 Å². The van der Waals surface area contributed by atoms with Gasteiger partial charge >= 0.3 is 0 Å². The molecule has 0 heterocycles. The second-order valence-electron chi connectivity index (χ2n) is 5.90. The molecule has 0 aliphatic rings. The van der Waals surface area contributed by atoms with E-state index < -0.39 is 0 Å². The minimum atomic E-state index is 0.00731. The zero-order valence-corrected chi connectivity index (χ0v) is 13.6. The summed E-state index contributed by atoms with van der Waals surface area (Å²) in [5.74, 6) is 1.58. The maximum absolute atomic E-state index is 5.73. The van der Waals surface area contributed by atoms with E-state index in [1.54, 1.807) is 21.3 Å². The first kappa shape index (κ1) is 16.8. The zero-order chi connectivity index (χ0) is 15.3. The highest BCUT2D eigenvalue weighted by molar-refractivity contribution is 5.43. The summed E-state index contributed by atoms with van der Waals surface area (Å²) >= 11 is 0. The van der Waals surface area contributed by atoms with Gasteiger partial charge in [-0.05, 0) is 24.6 Å². The minimum absolute atomic E-state index is 0.00731. The highest BCUT2D eigenvalue weighted by Crippen LogP contribution is 2.37. The van der Waals surface area contributed by atoms with E-state index >= 15 is 0 Å². The quantitative estimate of drug-likeness (QED) is 0.870. The molecule has 0 saturated heterocycles. The Labute approximate surface area is 122 Å². The largest absolute Gasteiger partial charge is 0.497 e. The van der Waals surface area contributed by atoms with Gasteiger partial charge in [0.2, 0.25) is 0 Å². The molecule has 2 unspecified atom stereocenters. The number of methoxy groups -OCH3 is 3. The average molecular weight is 281 g/mol. The van der Waals surface area contributed by atoms with E-state index in [1.807, 2.05) is 25.2 Å².